The number of nitro groups is 1. The third-order valence-corrected chi connectivity index (χ3v) is 2.63. The van der Waals surface area contributed by atoms with E-state index < -0.39 is 10.7 Å². The molecule has 5 nitrogen and oxygen atoms in total. The SMILES string of the molecule is N#Cc1ccc(Oc2ccc(Cl)cc2[N+](=O)[O-])c(F)c1. The highest BCUT2D eigenvalue weighted by Crippen LogP contribution is 2.34. The molecule has 0 aliphatic rings. The summed E-state index contributed by atoms with van der Waals surface area (Å²) in [5, 5.41) is 19.7. The summed E-state index contributed by atoms with van der Waals surface area (Å²) < 4.78 is 18.8. The van der Waals surface area contributed by atoms with Crippen molar-refractivity contribution < 1.29 is 14.1 Å². The maximum Gasteiger partial charge on any atom is 0.313 e. The summed E-state index contributed by atoms with van der Waals surface area (Å²) >= 11 is 5.66. The van der Waals surface area contributed by atoms with Crippen LogP contribution in [0.15, 0.2) is 36.4 Å². The first-order valence-corrected chi connectivity index (χ1v) is 5.70. The minimum Gasteiger partial charge on any atom is -0.447 e. The van der Waals surface area contributed by atoms with Crippen LogP contribution in [0.1, 0.15) is 5.56 Å². The van der Waals surface area contributed by atoms with E-state index >= 15 is 0 Å². The Labute approximate surface area is 117 Å². The number of ether oxygens (including phenoxy) is 1. The van der Waals surface area contributed by atoms with Gasteiger partial charge in [-0.2, -0.15) is 5.26 Å². The van der Waals surface area contributed by atoms with Crippen molar-refractivity contribution in [2.75, 3.05) is 0 Å². The monoisotopic (exact) mass is 292 g/mol. The fourth-order valence-electron chi connectivity index (χ4n) is 1.49. The van der Waals surface area contributed by atoms with Crippen LogP contribution in [0, 0.1) is 27.3 Å². The standard InChI is InChI=1S/C13H6ClFN2O3/c14-9-2-4-13(11(6-9)17(18)19)20-12-3-1-8(7-16)5-10(12)15/h1-6H. The molecule has 0 atom stereocenters. The molecule has 7 heteroatoms. The smallest absolute Gasteiger partial charge is 0.313 e. The predicted octanol–water partition coefficient (Wildman–Crippen LogP) is 4.05. The molecule has 2 aromatic rings. The number of nitrogens with zero attached hydrogens (tertiary/aromatic N) is 2. The van der Waals surface area contributed by atoms with E-state index in [1.165, 1.54) is 24.3 Å². The molecular formula is C13H6ClFN2O3. The summed E-state index contributed by atoms with van der Waals surface area (Å²) in [5.74, 6) is -1.13. The Hall–Kier alpha value is -2.65. The van der Waals surface area contributed by atoms with Gasteiger partial charge in [0, 0.05) is 11.1 Å². The topological polar surface area (TPSA) is 76.2 Å². The molecule has 0 saturated carbocycles. The molecule has 100 valence electrons. The number of benzene rings is 2. The van der Waals surface area contributed by atoms with Gasteiger partial charge < -0.3 is 4.74 Å². The van der Waals surface area contributed by atoms with Crippen molar-refractivity contribution in [1.29, 1.82) is 5.26 Å². The number of nitriles is 1. The van der Waals surface area contributed by atoms with Crippen LogP contribution in [-0.4, -0.2) is 4.92 Å². The molecule has 0 unspecified atom stereocenters. The van der Waals surface area contributed by atoms with Gasteiger partial charge in [-0.15, -0.1) is 0 Å². The number of halogens is 2. The molecule has 20 heavy (non-hydrogen) atoms. The third-order valence-electron chi connectivity index (χ3n) is 2.40. The highest BCUT2D eigenvalue weighted by atomic mass is 35.5. The van der Waals surface area contributed by atoms with Crippen molar-refractivity contribution in [3.05, 3.63) is 62.9 Å². The van der Waals surface area contributed by atoms with Gasteiger partial charge in [-0.3, -0.25) is 10.1 Å². The van der Waals surface area contributed by atoms with Crippen LogP contribution < -0.4 is 4.74 Å². The Morgan fingerprint density at radius 1 is 1.25 bits per heavy atom. The molecule has 0 spiro atoms. The van der Waals surface area contributed by atoms with Crippen molar-refractivity contribution >= 4 is 17.3 Å². The van der Waals surface area contributed by atoms with Gasteiger partial charge in [0.05, 0.1) is 16.6 Å². The first-order valence-electron chi connectivity index (χ1n) is 5.32. The zero-order valence-corrected chi connectivity index (χ0v) is 10.6. The molecule has 2 aromatic carbocycles. The molecule has 0 aliphatic carbocycles. The Kier molecular flexibility index (Phi) is 3.82. The Bertz CT molecular complexity index is 728. The molecule has 0 N–H and O–H groups in total. The molecular weight excluding hydrogens is 287 g/mol. The van der Waals surface area contributed by atoms with Gasteiger partial charge in [-0.05, 0) is 30.3 Å². The second kappa shape index (κ2) is 5.55. The van der Waals surface area contributed by atoms with Crippen molar-refractivity contribution in [3.63, 3.8) is 0 Å². The summed E-state index contributed by atoms with van der Waals surface area (Å²) in [6, 6.07) is 9.11. The minimum atomic E-state index is -0.784. The van der Waals surface area contributed by atoms with Crippen LogP contribution in [-0.2, 0) is 0 Å². The van der Waals surface area contributed by atoms with Crippen molar-refractivity contribution in [3.8, 4) is 17.6 Å². The lowest BCUT2D eigenvalue weighted by atomic mass is 10.2. The van der Waals surface area contributed by atoms with Crippen LogP contribution in [0.25, 0.3) is 0 Å². The summed E-state index contributed by atoms with van der Waals surface area (Å²) in [5.41, 5.74) is -0.248. The van der Waals surface area contributed by atoms with Gasteiger partial charge >= 0.3 is 5.69 Å². The maximum absolute atomic E-state index is 13.7. The van der Waals surface area contributed by atoms with Crippen LogP contribution >= 0.6 is 11.6 Å². The second-order valence-corrected chi connectivity index (χ2v) is 4.16. The highest BCUT2D eigenvalue weighted by Gasteiger charge is 2.18. The fraction of sp³-hybridized carbons (Fsp3) is 0. The Morgan fingerprint density at radius 3 is 2.55 bits per heavy atom. The predicted molar refractivity (Wildman–Crippen MR) is 69.3 cm³/mol. The van der Waals surface area contributed by atoms with Gasteiger partial charge in [-0.25, -0.2) is 4.39 Å². The van der Waals surface area contributed by atoms with E-state index in [9.17, 15) is 14.5 Å². The molecule has 0 amide bonds. The summed E-state index contributed by atoms with van der Waals surface area (Å²) in [4.78, 5) is 10.2. The molecule has 0 aliphatic heterocycles. The van der Waals surface area contributed by atoms with Crippen LogP contribution in [0.5, 0.6) is 11.5 Å². The molecule has 0 radical (unpaired) electrons. The Morgan fingerprint density at radius 2 is 1.95 bits per heavy atom. The van der Waals surface area contributed by atoms with E-state index in [1.54, 1.807) is 6.07 Å². The summed E-state index contributed by atoms with van der Waals surface area (Å²) in [6.07, 6.45) is 0. The molecule has 0 heterocycles. The molecule has 0 aromatic heterocycles. The first-order chi connectivity index (χ1) is 9.51. The van der Waals surface area contributed by atoms with E-state index in [2.05, 4.69) is 0 Å². The van der Waals surface area contributed by atoms with Crippen molar-refractivity contribution in [2.45, 2.75) is 0 Å². The zero-order valence-electron chi connectivity index (χ0n) is 9.84. The average Bonchev–Trinajstić information content (AvgIpc) is 2.42. The van der Waals surface area contributed by atoms with Crippen LogP contribution in [0.2, 0.25) is 5.02 Å². The second-order valence-electron chi connectivity index (χ2n) is 3.73. The van der Waals surface area contributed by atoms with Crippen molar-refractivity contribution in [1.82, 2.24) is 0 Å². The molecule has 0 bridgehead atoms. The van der Waals surface area contributed by atoms with E-state index in [0.29, 0.717) is 0 Å². The van der Waals surface area contributed by atoms with Crippen molar-refractivity contribution in [2.24, 2.45) is 0 Å². The van der Waals surface area contributed by atoms with E-state index in [1.807, 2.05) is 0 Å². The summed E-state index contributed by atoms with van der Waals surface area (Å²) in [7, 11) is 0. The number of hydrogen-bond acceptors (Lipinski definition) is 4. The lowest BCUT2D eigenvalue weighted by molar-refractivity contribution is -0.385. The maximum atomic E-state index is 13.7. The fourth-order valence-corrected chi connectivity index (χ4v) is 1.66. The van der Waals surface area contributed by atoms with Crippen LogP contribution in [0.4, 0.5) is 10.1 Å². The largest absolute Gasteiger partial charge is 0.447 e. The highest BCUT2D eigenvalue weighted by molar-refractivity contribution is 6.30. The average molecular weight is 293 g/mol. The summed E-state index contributed by atoms with van der Waals surface area (Å²) in [6.45, 7) is 0. The lowest BCUT2D eigenvalue weighted by Gasteiger charge is -2.07. The van der Waals surface area contributed by atoms with E-state index in [-0.39, 0.29) is 27.8 Å². The normalized spacial score (nSPS) is 9.85. The Balaban J connectivity index is 2.40. The lowest BCUT2D eigenvalue weighted by Crippen LogP contribution is -1.95. The zero-order chi connectivity index (χ0) is 14.7. The minimum absolute atomic E-state index is 0.125. The van der Waals surface area contributed by atoms with Gasteiger partial charge in [0.2, 0.25) is 5.75 Å². The van der Waals surface area contributed by atoms with Crippen LogP contribution in [0.3, 0.4) is 0 Å². The van der Waals surface area contributed by atoms with Gasteiger partial charge in [0.15, 0.2) is 11.6 Å². The third kappa shape index (κ3) is 2.84. The van der Waals surface area contributed by atoms with E-state index in [4.69, 9.17) is 21.6 Å². The number of nitro benzene ring substituents is 1. The van der Waals surface area contributed by atoms with Gasteiger partial charge in [0.25, 0.3) is 0 Å². The molecule has 0 fully saturated rings. The first kappa shape index (κ1) is 13.8. The number of rotatable bonds is 3. The molecule has 2 rings (SSSR count). The quantitative estimate of drug-likeness (QED) is 0.631. The molecule has 0 saturated heterocycles. The van der Waals surface area contributed by atoms with Gasteiger partial charge in [0.1, 0.15) is 0 Å². The van der Waals surface area contributed by atoms with E-state index in [0.717, 1.165) is 12.1 Å². The van der Waals surface area contributed by atoms with Gasteiger partial charge in [-0.1, -0.05) is 11.6 Å². The number of hydrogen-bond donors (Lipinski definition) is 0.